The van der Waals surface area contributed by atoms with Crippen LogP contribution in [-0.2, 0) is 4.79 Å². The molecule has 4 rings (SSSR count). The van der Waals surface area contributed by atoms with Crippen molar-refractivity contribution in [2.24, 2.45) is 28.6 Å². The summed E-state index contributed by atoms with van der Waals surface area (Å²) in [5.41, 5.74) is 4.45. The van der Waals surface area contributed by atoms with Crippen LogP contribution in [0.2, 0.25) is 0 Å². The lowest BCUT2D eigenvalue weighted by Crippen LogP contribution is -2.33. The Labute approximate surface area is 121 Å². The van der Waals surface area contributed by atoms with Gasteiger partial charge in [0.2, 0.25) is 0 Å². The third-order valence-corrected chi connectivity index (χ3v) is 7.23. The Hall–Kier alpha value is -1.11. The number of fused-ring (bicyclic) bond motifs is 4. The zero-order chi connectivity index (χ0) is 14.3. The Morgan fingerprint density at radius 2 is 2.00 bits per heavy atom. The van der Waals surface area contributed by atoms with Crippen LogP contribution in [0.25, 0.3) is 0 Å². The average Bonchev–Trinajstić information content (AvgIpc) is 3.00. The normalized spacial score (nSPS) is 43.9. The molecule has 0 saturated heterocycles. The van der Waals surface area contributed by atoms with E-state index < -0.39 is 0 Å². The van der Waals surface area contributed by atoms with Crippen molar-refractivity contribution in [2.45, 2.75) is 47.0 Å². The average molecular weight is 268 g/mol. The lowest BCUT2D eigenvalue weighted by Gasteiger charge is -2.32. The zero-order valence-electron chi connectivity index (χ0n) is 13.0. The maximum absolute atomic E-state index is 13.0. The first-order valence-corrected chi connectivity index (χ1v) is 8.01. The van der Waals surface area contributed by atoms with E-state index >= 15 is 0 Å². The molecule has 4 atom stereocenters. The first-order chi connectivity index (χ1) is 9.36. The topological polar surface area (TPSA) is 17.1 Å². The van der Waals surface area contributed by atoms with Crippen LogP contribution in [0.1, 0.15) is 47.0 Å². The number of carbonyl (C=O) groups is 1. The van der Waals surface area contributed by atoms with E-state index in [9.17, 15) is 4.79 Å². The lowest BCUT2D eigenvalue weighted by atomic mass is 9.70. The van der Waals surface area contributed by atoms with E-state index in [0.29, 0.717) is 17.6 Å². The molecule has 4 aliphatic carbocycles. The van der Waals surface area contributed by atoms with Crippen molar-refractivity contribution in [1.82, 2.24) is 0 Å². The van der Waals surface area contributed by atoms with Crippen LogP contribution in [0.3, 0.4) is 0 Å². The van der Waals surface area contributed by atoms with Crippen LogP contribution in [0, 0.1) is 28.6 Å². The molecule has 0 aromatic carbocycles. The third-order valence-electron chi connectivity index (χ3n) is 7.23. The predicted molar refractivity (Wildman–Crippen MR) is 81.1 cm³/mol. The molecule has 0 aromatic heterocycles. The summed E-state index contributed by atoms with van der Waals surface area (Å²) >= 11 is 0. The fraction of sp³-hybridized carbons (Fsp3) is 0.632. The maximum atomic E-state index is 13.0. The highest BCUT2D eigenvalue weighted by Gasteiger charge is 2.66. The van der Waals surface area contributed by atoms with E-state index in [0.717, 1.165) is 12.8 Å². The Morgan fingerprint density at radius 3 is 2.50 bits per heavy atom. The molecule has 1 heteroatoms. The quantitative estimate of drug-likeness (QED) is 0.722. The number of ketones is 1. The van der Waals surface area contributed by atoms with Gasteiger partial charge in [0.05, 0.1) is 0 Å². The van der Waals surface area contributed by atoms with Crippen LogP contribution in [0.4, 0.5) is 0 Å². The number of Topliss-reactive ketones (excluding diaryl/α,β-unsaturated/α-hetero) is 1. The summed E-state index contributed by atoms with van der Waals surface area (Å²) in [5, 5.41) is 0. The van der Waals surface area contributed by atoms with Crippen LogP contribution in [-0.4, -0.2) is 5.78 Å². The van der Waals surface area contributed by atoms with Crippen molar-refractivity contribution < 1.29 is 4.79 Å². The molecule has 0 spiro atoms. The number of hydrogen-bond donors (Lipinski definition) is 0. The van der Waals surface area contributed by atoms with Crippen molar-refractivity contribution in [1.29, 1.82) is 0 Å². The van der Waals surface area contributed by atoms with Gasteiger partial charge >= 0.3 is 0 Å². The minimum atomic E-state index is -0.0643. The van der Waals surface area contributed by atoms with E-state index in [4.69, 9.17) is 0 Å². The van der Waals surface area contributed by atoms with E-state index in [1.165, 1.54) is 23.1 Å². The summed E-state index contributed by atoms with van der Waals surface area (Å²) in [6, 6.07) is 0. The van der Waals surface area contributed by atoms with Gasteiger partial charge in [-0.1, -0.05) is 39.0 Å². The van der Waals surface area contributed by atoms with Gasteiger partial charge in [-0.05, 0) is 54.2 Å². The summed E-state index contributed by atoms with van der Waals surface area (Å²) < 4.78 is 0. The first-order valence-electron chi connectivity index (χ1n) is 8.01. The van der Waals surface area contributed by atoms with Gasteiger partial charge in [0.1, 0.15) is 5.78 Å². The second-order valence-electron chi connectivity index (χ2n) is 8.07. The van der Waals surface area contributed by atoms with Gasteiger partial charge < -0.3 is 0 Å². The van der Waals surface area contributed by atoms with Crippen molar-refractivity contribution >= 4 is 5.78 Å². The molecule has 0 N–H and O–H groups in total. The Kier molecular flexibility index (Phi) is 2.24. The van der Waals surface area contributed by atoms with Gasteiger partial charge in [0.15, 0.2) is 0 Å². The summed E-state index contributed by atoms with van der Waals surface area (Å²) in [6.45, 7) is 9.08. The molecule has 20 heavy (non-hydrogen) atoms. The number of carbonyl (C=O) groups excluding carboxylic acids is 1. The fourth-order valence-corrected chi connectivity index (χ4v) is 5.55. The molecule has 0 aromatic rings. The van der Waals surface area contributed by atoms with Crippen LogP contribution in [0.5, 0.6) is 0 Å². The monoisotopic (exact) mass is 268 g/mol. The predicted octanol–water partition coefficient (Wildman–Crippen LogP) is 4.46. The molecule has 4 aliphatic rings. The summed E-state index contributed by atoms with van der Waals surface area (Å²) in [6.07, 6.45) is 10.2. The largest absolute Gasteiger partial charge is 0.299 e. The van der Waals surface area contributed by atoms with Gasteiger partial charge in [-0.3, -0.25) is 4.79 Å². The molecular weight excluding hydrogens is 244 g/mol. The highest BCUT2D eigenvalue weighted by atomic mass is 16.1. The SMILES string of the molecule is CC1=C2C=CC(=C1)C2CC1C(=O)C2(C)CCC1C2(C)C. The maximum Gasteiger partial charge on any atom is 0.142 e. The standard InChI is InChI=1S/C19H24O/c1-11-9-12-5-6-13(11)14(12)10-15-16-7-8-19(4,17(15)20)18(16,2)3/h5-6,9,14-16H,7-8,10H2,1-4H3. The molecule has 0 aliphatic heterocycles. The second kappa shape index (κ2) is 3.55. The minimum Gasteiger partial charge on any atom is -0.299 e. The molecule has 4 bridgehead atoms. The Bertz CT molecular complexity index is 601. The Balaban J connectivity index is 1.64. The van der Waals surface area contributed by atoms with Gasteiger partial charge in [-0.2, -0.15) is 0 Å². The van der Waals surface area contributed by atoms with Crippen LogP contribution in [0.15, 0.2) is 34.9 Å². The zero-order valence-corrected chi connectivity index (χ0v) is 13.0. The van der Waals surface area contributed by atoms with Gasteiger partial charge in [0, 0.05) is 17.3 Å². The van der Waals surface area contributed by atoms with Crippen molar-refractivity contribution in [3.63, 3.8) is 0 Å². The highest BCUT2D eigenvalue weighted by molar-refractivity contribution is 5.91. The Morgan fingerprint density at radius 1 is 1.25 bits per heavy atom. The van der Waals surface area contributed by atoms with E-state index in [1.54, 1.807) is 0 Å². The summed E-state index contributed by atoms with van der Waals surface area (Å²) in [5.74, 6) is 1.96. The summed E-state index contributed by atoms with van der Waals surface area (Å²) in [4.78, 5) is 13.0. The minimum absolute atomic E-state index is 0.0643. The molecule has 0 amide bonds. The van der Waals surface area contributed by atoms with E-state index in [1.807, 2.05) is 0 Å². The number of hydrogen-bond acceptors (Lipinski definition) is 1. The lowest BCUT2D eigenvalue weighted by molar-refractivity contribution is -0.132. The van der Waals surface area contributed by atoms with E-state index in [2.05, 4.69) is 45.9 Å². The third kappa shape index (κ3) is 1.23. The van der Waals surface area contributed by atoms with Crippen molar-refractivity contribution in [3.05, 3.63) is 34.9 Å². The van der Waals surface area contributed by atoms with E-state index in [-0.39, 0.29) is 16.7 Å². The molecule has 1 nitrogen and oxygen atoms in total. The van der Waals surface area contributed by atoms with Crippen molar-refractivity contribution in [3.8, 4) is 0 Å². The molecule has 106 valence electrons. The molecule has 4 unspecified atom stereocenters. The molecule has 0 radical (unpaired) electrons. The smallest absolute Gasteiger partial charge is 0.142 e. The van der Waals surface area contributed by atoms with Gasteiger partial charge in [-0.25, -0.2) is 0 Å². The van der Waals surface area contributed by atoms with Crippen LogP contribution >= 0.6 is 0 Å². The van der Waals surface area contributed by atoms with Crippen LogP contribution < -0.4 is 0 Å². The highest BCUT2D eigenvalue weighted by Crippen LogP contribution is 2.67. The molecule has 2 fully saturated rings. The van der Waals surface area contributed by atoms with Crippen molar-refractivity contribution in [2.75, 3.05) is 0 Å². The summed E-state index contributed by atoms with van der Waals surface area (Å²) in [7, 11) is 0. The molecule has 0 heterocycles. The second-order valence-corrected chi connectivity index (χ2v) is 8.07. The molecule has 2 saturated carbocycles. The van der Waals surface area contributed by atoms with Gasteiger partial charge in [-0.15, -0.1) is 0 Å². The van der Waals surface area contributed by atoms with Gasteiger partial charge in [0.25, 0.3) is 0 Å². The fourth-order valence-electron chi connectivity index (χ4n) is 5.55. The molecular formula is C19H24O. The number of allylic oxidation sites excluding steroid dienone is 6. The number of rotatable bonds is 2. The first kappa shape index (κ1) is 12.6.